The van der Waals surface area contributed by atoms with Crippen molar-refractivity contribution in [3.05, 3.63) is 66.1 Å². The molecule has 0 spiro atoms. The maximum Gasteiger partial charge on any atom is 0.247 e. The summed E-state index contributed by atoms with van der Waals surface area (Å²) in [7, 11) is 0. The summed E-state index contributed by atoms with van der Waals surface area (Å²) in [5, 5.41) is 11.0. The second kappa shape index (κ2) is 7.79. The second-order valence-electron chi connectivity index (χ2n) is 5.24. The van der Waals surface area contributed by atoms with Gasteiger partial charge in [-0.25, -0.2) is 0 Å². The van der Waals surface area contributed by atoms with E-state index in [-0.39, 0.29) is 5.91 Å². The first-order chi connectivity index (χ1) is 11.7. The molecule has 0 bridgehead atoms. The largest absolute Gasteiger partial charge is 0.420 e. The predicted molar refractivity (Wildman–Crippen MR) is 95.5 cm³/mol. The lowest BCUT2D eigenvalue weighted by atomic mass is 10.2. The SMILES string of the molecule is CC(=O)Nc1cccc(CSCc2nnc(-c3ccccc3)o2)c1. The van der Waals surface area contributed by atoms with Crippen molar-refractivity contribution in [2.45, 2.75) is 18.4 Å². The van der Waals surface area contributed by atoms with E-state index in [1.807, 2.05) is 54.6 Å². The molecule has 5 nitrogen and oxygen atoms in total. The first-order valence-electron chi connectivity index (χ1n) is 7.53. The maximum absolute atomic E-state index is 11.1. The zero-order chi connectivity index (χ0) is 16.8. The highest BCUT2D eigenvalue weighted by molar-refractivity contribution is 7.97. The van der Waals surface area contributed by atoms with Gasteiger partial charge in [0.2, 0.25) is 17.7 Å². The second-order valence-corrected chi connectivity index (χ2v) is 6.23. The molecular formula is C18H17N3O2S. The van der Waals surface area contributed by atoms with Crippen LogP contribution in [0.15, 0.2) is 59.0 Å². The van der Waals surface area contributed by atoms with E-state index in [1.54, 1.807) is 11.8 Å². The van der Waals surface area contributed by atoms with Crippen LogP contribution < -0.4 is 5.32 Å². The molecule has 0 saturated heterocycles. The third-order valence-corrected chi connectivity index (χ3v) is 4.22. The Morgan fingerprint density at radius 3 is 2.71 bits per heavy atom. The van der Waals surface area contributed by atoms with Crippen LogP contribution in [0.3, 0.4) is 0 Å². The number of anilines is 1. The molecule has 1 N–H and O–H groups in total. The number of carbonyl (C=O) groups is 1. The van der Waals surface area contributed by atoms with E-state index in [1.165, 1.54) is 6.92 Å². The van der Waals surface area contributed by atoms with Gasteiger partial charge in [0.15, 0.2) is 0 Å². The van der Waals surface area contributed by atoms with Gasteiger partial charge in [-0.15, -0.1) is 22.0 Å². The van der Waals surface area contributed by atoms with Crippen LogP contribution in [0.5, 0.6) is 0 Å². The van der Waals surface area contributed by atoms with Gasteiger partial charge >= 0.3 is 0 Å². The van der Waals surface area contributed by atoms with E-state index in [0.717, 1.165) is 22.6 Å². The molecule has 0 atom stereocenters. The topological polar surface area (TPSA) is 68.0 Å². The minimum Gasteiger partial charge on any atom is -0.420 e. The number of nitrogens with one attached hydrogen (secondary N) is 1. The number of hydrogen-bond donors (Lipinski definition) is 1. The van der Waals surface area contributed by atoms with Crippen molar-refractivity contribution < 1.29 is 9.21 Å². The van der Waals surface area contributed by atoms with Crippen LogP contribution in [0.2, 0.25) is 0 Å². The fourth-order valence-electron chi connectivity index (χ4n) is 2.21. The number of thioether (sulfide) groups is 1. The van der Waals surface area contributed by atoms with Gasteiger partial charge in [0, 0.05) is 23.9 Å². The van der Waals surface area contributed by atoms with Gasteiger partial charge in [-0.3, -0.25) is 4.79 Å². The van der Waals surface area contributed by atoms with E-state index in [2.05, 4.69) is 15.5 Å². The minimum absolute atomic E-state index is 0.0703. The third kappa shape index (κ3) is 4.45. The highest BCUT2D eigenvalue weighted by Gasteiger charge is 2.08. The number of hydrogen-bond acceptors (Lipinski definition) is 5. The smallest absolute Gasteiger partial charge is 0.247 e. The van der Waals surface area contributed by atoms with E-state index in [4.69, 9.17) is 4.42 Å². The normalized spacial score (nSPS) is 10.5. The van der Waals surface area contributed by atoms with Crippen molar-refractivity contribution in [2.24, 2.45) is 0 Å². The Bertz CT molecular complexity index is 818. The van der Waals surface area contributed by atoms with Crippen molar-refractivity contribution >= 4 is 23.4 Å². The number of benzene rings is 2. The van der Waals surface area contributed by atoms with Gasteiger partial charge in [0.25, 0.3) is 0 Å². The van der Waals surface area contributed by atoms with Gasteiger partial charge in [-0.2, -0.15) is 0 Å². The average molecular weight is 339 g/mol. The van der Waals surface area contributed by atoms with Gasteiger partial charge in [-0.1, -0.05) is 30.3 Å². The molecule has 0 aliphatic rings. The Balaban J connectivity index is 1.55. The first-order valence-corrected chi connectivity index (χ1v) is 8.68. The lowest BCUT2D eigenvalue weighted by Gasteiger charge is -2.05. The molecule has 0 saturated carbocycles. The molecule has 1 amide bonds. The van der Waals surface area contributed by atoms with Gasteiger partial charge in [-0.05, 0) is 29.8 Å². The Morgan fingerprint density at radius 1 is 1.08 bits per heavy atom. The number of carbonyl (C=O) groups excluding carboxylic acids is 1. The molecule has 6 heteroatoms. The van der Waals surface area contributed by atoms with Crippen LogP contribution in [-0.2, 0) is 16.3 Å². The Kier molecular flexibility index (Phi) is 5.28. The lowest BCUT2D eigenvalue weighted by molar-refractivity contribution is -0.114. The number of rotatable bonds is 6. The first kappa shape index (κ1) is 16.3. The summed E-state index contributed by atoms with van der Waals surface area (Å²) >= 11 is 1.69. The molecule has 0 fully saturated rings. The van der Waals surface area contributed by atoms with E-state index >= 15 is 0 Å². The van der Waals surface area contributed by atoms with E-state index in [0.29, 0.717) is 17.5 Å². The van der Waals surface area contributed by atoms with Crippen molar-refractivity contribution in [2.75, 3.05) is 5.32 Å². The van der Waals surface area contributed by atoms with Crippen LogP contribution in [0.25, 0.3) is 11.5 Å². The lowest BCUT2D eigenvalue weighted by Crippen LogP contribution is -2.05. The molecule has 1 heterocycles. The Hall–Kier alpha value is -2.60. The van der Waals surface area contributed by atoms with Gasteiger partial charge in [0.05, 0.1) is 5.75 Å². The minimum atomic E-state index is -0.0703. The molecule has 0 unspecified atom stereocenters. The fourth-order valence-corrected chi connectivity index (χ4v) is 3.02. The Morgan fingerprint density at radius 2 is 1.92 bits per heavy atom. The molecule has 3 aromatic rings. The summed E-state index contributed by atoms with van der Waals surface area (Å²) in [6, 6.07) is 17.5. The number of amides is 1. The summed E-state index contributed by atoms with van der Waals surface area (Å²) in [4.78, 5) is 11.1. The highest BCUT2D eigenvalue weighted by Crippen LogP contribution is 2.22. The van der Waals surface area contributed by atoms with Crippen molar-refractivity contribution in [1.82, 2.24) is 10.2 Å². The standard InChI is InChI=1S/C18H17N3O2S/c1-13(22)19-16-9-5-6-14(10-16)11-24-12-17-20-21-18(23-17)15-7-3-2-4-8-15/h2-10H,11-12H2,1H3,(H,19,22). The Labute approximate surface area is 144 Å². The zero-order valence-corrected chi connectivity index (χ0v) is 14.0. The van der Waals surface area contributed by atoms with Crippen LogP contribution in [0, 0.1) is 0 Å². The van der Waals surface area contributed by atoms with Crippen LogP contribution in [0.4, 0.5) is 5.69 Å². The molecule has 1 aromatic heterocycles. The van der Waals surface area contributed by atoms with Crippen LogP contribution in [0.1, 0.15) is 18.4 Å². The summed E-state index contributed by atoms with van der Waals surface area (Å²) in [6.45, 7) is 1.50. The highest BCUT2D eigenvalue weighted by atomic mass is 32.2. The molecule has 2 aromatic carbocycles. The molecule has 3 rings (SSSR count). The molecule has 122 valence electrons. The molecule has 0 aliphatic carbocycles. The van der Waals surface area contributed by atoms with Crippen molar-refractivity contribution in [3.8, 4) is 11.5 Å². The summed E-state index contributed by atoms with van der Waals surface area (Å²) in [5.74, 6) is 2.52. The average Bonchev–Trinajstić information content (AvgIpc) is 3.04. The number of aromatic nitrogens is 2. The van der Waals surface area contributed by atoms with Gasteiger partial charge < -0.3 is 9.73 Å². The zero-order valence-electron chi connectivity index (χ0n) is 13.2. The van der Waals surface area contributed by atoms with Gasteiger partial charge in [0.1, 0.15) is 0 Å². The summed E-state index contributed by atoms with van der Waals surface area (Å²) < 4.78 is 5.68. The van der Waals surface area contributed by atoms with E-state index in [9.17, 15) is 4.79 Å². The molecular weight excluding hydrogens is 322 g/mol. The predicted octanol–water partition coefficient (Wildman–Crippen LogP) is 4.13. The molecule has 24 heavy (non-hydrogen) atoms. The number of nitrogens with zero attached hydrogens (tertiary/aromatic N) is 2. The summed E-state index contributed by atoms with van der Waals surface area (Å²) in [6.07, 6.45) is 0. The van der Waals surface area contributed by atoms with Crippen LogP contribution >= 0.6 is 11.8 Å². The summed E-state index contributed by atoms with van der Waals surface area (Å²) in [5.41, 5.74) is 2.86. The molecule has 0 radical (unpaired) electrons. The third-order valence-electron chi connectivity index (χ3n) is 3.23. The molecule has 0 aliphatic heterocycles. The van der Waals surface area contributed by atoms with E-state index < -0.39 is 0 Å². The fraction of sp³-hybridized carbons (Fsp3) is 0.167. The van der Waals surface area contributed by atoms with Crippen molar-refractivity contribution in [1.29, 1.82) is 0 Å². The van der Waals surface area contributed by atoms with Crippen LogP contribution in [-0.4, -0.2) is 16.1 Å². The van der Waals surface area contributed by atoms with Crippen molar-refractivity contribution in [3.63, 3.8) is 0 Å². The quantitative estimate of drug-likeness (QED) is 0.731. The monoisotopic (exact) mass is 339 g/mol. The maximum atomic E-state index is 11.1.